The van der Waals surface area contributed by atoms with Gasteiger partial charge in [-0.05, 0) is 30.9 Å². The number of hydrogen-bond acceptors (Lipinski definition) is 2. The third-order valence-corrected chi connectivity index (χ3v) is 2.30. The number of nitrogens with two attached hydrogens (primary N) is 1. The zero-order valence-electron chi connectivity index (χ0n) is 8.55. The van der Waals surface area contributed by atoms with Gasteiger partial charge in [-0.1, -0.05) is 20.3 Å². The Balaban J connectivity index is 2.53. The van der Waals surface area contributed by atoms with Gasteiger partial charge in [0.25, 0.3) is 0 Å². The van der Waals surface area contributed by atoms with Crippen molar-refractivity contribution in [1.82, 2.24) is 0 Å². The summed E-state index contributed by atoms with van der Waals surface area (Å²) in [5.41, 5.74) is 7.12. The number of rotatable bonds is 5. The van der Waals surface area contributed by atoms with Crippen molar-refractivity contribution in [1.29, 1.82) is 0 Å². The molecule has 0 saturated carbocycles. The predicted octanol–water partition coefficient (Wildman–Crippen LogP) is 3.03. The van der Waals surface area contributed by atoms with Crippen molar-refractivity contribution in [3.8, 4) is 0 Å². The molecule has 2 N–H and O–H groups in total. The third-order valence-electron chi connectivity index (χ3n) is 2.30. The van der Waals surface area contributed by atoms with Gasteiger partial charge in [-0.3, -0.25) is 0 Å². The minimum Gasteiger partial charge on any atom is -0.467 e. The van der Waals surface area contributed by atoms with E-state index in [9.17, 15) is 0 Å². The fraction of sp³-hybridized carbons (Fsp3) is 0.636. The van der Waals surface area contributed by atoms with Crippen molar-refractivity contribution in [2.45, 2.75) is 45.6 Å². The molecule has 1 aromatic rings. The summed E-state index contributed by atoms with van der Waals surface area (Å²) in [5, 5.41) is 0. The summed E-state index contributed by atoms with van der Waals surface area (Å²) in [6.45, 7) is 4.26. The molecule has 1 rings (SSSR count). The number of aryl methyl sites for hydroxylation is 1. The van der Waals surface area contributed by atoms with Gasteiger partial charge in [0.15, 0.2) is 0 Å². The number of furan rings is 1. The highest BCUT2D eigenvalue weighted by Gasteiger charge is 2.07. The van der Waals surface area contributed by atoms with Gasteiger partial charge < -0.3 is 10.2 Å². The van der Waals surface area contributed by atoms with E-state index in [4.69, 9.17) is 10.2 Å². The lowest BCUT2D eigenvalue weighted by atomic mass is 10.1. The molecule has 1 heterocycles. The summed E-state index contributed by atoms with van der Waals surface area (Å²) in [6.07, 6.45) is 6.32. The van der Waals surface area contributed by atoms with Gasteiger partial charge in [0.1, 0.15) is 5.76 Å². The molecule has 2 nitrogen and oxygen atoms in total. The van der Waals surface area contributed by atoms with Crippen molar-refractivity contribution < 1.29 is 4.42 Å². The van der Waals surface area contributed by atoms with Crippen molar-refractivity contribution in [2.24, 2.45) is 5.73 Å². The summed E-state index contributed by atoms with van der Waals surface area (Å²) in [7, 11) is 0. The molecule has 13 heavy (non-hydrogen) atoms. The van der Waals surface area contributed by atoms with Crippen molar-refractivity contribution >= 4 is 0 Å². The molecule has 1 aromatic heterocycles. The van der Waals surface area contributed by atoms with Crippen LogP contribution in [0, 0.1) is 0 Å². The van der Waals surface area contributed by atoms with E-state index in [1.165, 1.54) is 18.4 Å². The highest BCUT2D eigenvalue weighted by atomic mass is 16.3. The summed E-state index contributed by atoms with van der Waals surface area (Å²) < 4.78 is 5.39. The van der Waals surface area contributed by atoms with Crippen LogP contribution in [0.3, 0.4) is 0 Å². The lowest BCUT2D eigenvalue weighted by Crippen LogP contribution is -2.06. The van der Waals surface area contributed by atoms with Crippen LogP contribution in [0.1, 0.15) is 50.5 Å². The summed E-state index contributed by atoms with van der Waals surface area (Å²) in [4.78, 5) is 0. The first-order chi connectivity index (χ1) is 6.27. The van der Waals surface area contributed by atoms with Crippen molar-refractivity contribution in [2.75, 3.05) is 0 Å². The molecule has 0 aliphatic carbocycles. The van der Waals surface area contributed by atoms with Gasteiger partial charge in [0, 0.05) is 0 Å². The monoisotopic (exact) mass is 181 g/mol. The quantitative estimate of drug-likeness (QED) is 0.758. The Bertz CT molecular complexity index is 242. The van der Waals surface area contributed by atoms with Gasteiger partial charge in [0.05, 0.1) is 12.3 Å². The maximum Gasteiger partial charge on any atom is 0.120 e. The second-order valence-electron chi connectivity index (χ2n) is 3.48. The second kappa shape index (κ2) is 5.07. The molecule has 1 unspecified atom stereocenters. The van der Waals surface area contributed by atoms with Gasteiger partial charge in [-0.2, -0.15) is 0 Å². The summed E-state index contributed by atoms with van der Waals surface area (Å²) in [6, 6.07) is 2.15. The lowest BCUT2D eigenvalue weighted by Gasteiger charge is -2.02. The highest BCUT2D eigenvalue weighted by molar-refractivity contribution is 5.15. The van der Waals surface area contributed by atoms with Gasteiger partial charge in [-0.25, -0.2) is 0 Å². The van der Waals surface area contributed by atoms with Crippen LogP contribution in [0.2, 0.25) is 0 Å². The first kappa shape index (κ1) is 10.3. The average Bonchev–Trinajstić information content (AvgIpc) is 2.62. The molecule has 2 heteroatoms. The third kappa shape index (κ3) is 2.88. The Kier molecular flexibility index (Phi) is 4.03. The topological polar surface area (TPSA) is 39.2 Å². The minimum absolute atomic E-state index is 0.0652. The molecule has 0 saturated heterocycles. The Labute approximate surface area is 80.1 Å². The molecule has 74 valence electrons. The number of hydrogen-bond donors (Lipinski definition) is 1. The Morgan fingerprint density at radius 1 is 1.46 bits per heavy atom. The Morgan fingerprint density at radius 3 is 2.85 bits per heavy atom. The largest absolute Gasteiger partial charge is 0.467 e. The smallest absolute Gasteiger partial charge is 0.120 e. The molecule has 0 fully saturated rings. The van der Waals surface area contributed by atoms with Gasteiger partial charge >= 0.3 is 0 Å². The molecule has 0 aliphatic rings. The zero-order chi connectivity index (χ0) is 9.68. The predicted molar refractivity (Wildman–Crippen MR) is 54.5 cm³/mol. The molecular weight excluding hydrogens is 162 g/mol. The zero-order valence-corrected chi connectivity index (χ0v) is 8.55. The van der Waals surface area contributed by atoms with E-state index in [1.807, 2.05) is 6.26 Å². The fourth-order valence-electron chi connectivity index (χ4n) is 1.30. The van der Waals surface area contributed by atoms with E-state index in [2.05, 4.69) is 19.9 Å². The van der Waals surface area contributed by atoms with Crippen LogP contribution in [0.5, 0.6) is 0 Å². The maximum absolute atomic E-state index is 5.84. The van der Waals surface area contributed by atoms with E-state index >= 15 is 0 Å². The molecule has 0 bridgehead atoms. The van der Waals surface area contributed by atoms with E-state index in [1.54, 1.807) is 0 Å². The summed E-state index contributed by atoms with van der Waals surface area (Å²) in [5.74, 6) is 0.925. The first-order valence-electron chi connectivity index (χ1n) is 5.10. The molecule has 0 amide bonds. The van der Waals surface area contributed by atoms with Crippen LogP contribution in [0.25, 0.3) is 0 Å². The molecular formula is C11H19NO. The van der Waals surface area contributed by atoms with E-state index in [0.717, 1.165) is 18.6 Å². The Morgan fingerprint density at radius 2 is 2.23 bits per heavy atom. The number of unbranched alkanes of at least 4 members (excludes halogenated alkanes) is 1. The van der Waals surface area contributed by atoms with Gasteiger partial charge in [-0.15, -0.1) is 0 Å². The second-order valence-corrected chi connectivity index (χ2v) is 3.48. The molecule has 0 aromatic carbocycles. The Hall–Kier alpha value is -0.760. The maximum atomic E-state index is 5.84. The summed E-state index contributed by atoms with van der Waals surface area (Å²) >= 11 is 0. The van der Waals surface area contributed by atoms with Crippen LogP contribution < -0.4 is 5.73 Å². The highest BCUT2D eigenvalue weighted by Crippen LogP contribution is 2.18. The lowest BCUT2D eigenvalue weighted by molar-refractivity contribution is 0.459. The van der Waals surface area contributed by atoms with Crippen molar-refractivity contribution in [3.05, 3.63) is 23.7 Å². The molecule has 0 spiro atoms. The van der Waals surface area contributed by atoms with Crippen LogP contribution in [0.15, 0.2) is 16.7 Å². The molecule has 0 aliphatic heterocycles. The average molecular weight is 181 g/mol. The minimum atomic E-state index is 0.0652. The van der Waals surface area contributed by atoms with Crippen molar-refractivity contribution in [3.63, 3.8) is 0 Å². The van der Waals surface area contributed by atoms with Crippen LogP contribution in [-0.4, -0.2) is 0 Å². The molecule has 0 radical (unpaired) electrons. The SMILES string of the molecule is CCCCc1coc(C(N)CC)c1. The van der Waals surface area contributed by atoms with Crippen LogP contribution >= 0.6 is 0 Å². The van der Waals surface area contributed by atoms with Gasteiger partial charge in [0.2, 0.25) is 0 Å². The molecule has 1 atom stereocenters. The van der Waals surface area contributed by atoms with Crippen LogP contribution in [0.4, 0.5) is 0 Å². The normalized spacial score (nSPS) is 13.2. The van der Waals surface area contributed by atoms with E-state index in [-0.39, 0.29) is 6.04 Å². The van der Waals surface area contributed by atoms with Crippen LogP contribution in [-0.2, 0) is 6.42 Å². The fourth-order valence-corrected chi connectivity index (χ4v) is 1.30. The van der Waals surface area contributed by atoms with E-state index < -0.39 is 0 Å². The van der Waals surface area contributed by atoms with E-state index in [0.29, 0.717) is 0 Å². The first-order valence-corrected chi connectivity index (χ1v) is 5.10. The standard InChI is InChI=1S/C11H19NO/c1-3-5-6-9-7-11(13-8-9)10(12)4-2/h7-8,10H,3-6,12H2,1-2H3.